The Morgan fingerprint density at radius 2 is 1.93 bits per heavy atom. The molecular weight excluding hydrogens is 344 g/mol. The molecule has 1 atom stereocenters. The van der Waals surface area contributed by atoms with E-state index in [-0.39, 0.29) is 18.4 Å². The molecule has 7 nitrogen and oxygen atoms in total. The van der Waals surface area contributed by atoms with E-state index in [1.54, 1.807) is 4.90 Å². The van der Waals surface area contributed by atoms with Gasteiger partial charge in [0.1, 0.15) is 0 Å². The number of aryl methyl sites for hydroxylation is 1. The molecule has 2 fully saturated rings. The maximum absolute atomic E-state index is 13.1. The number of nitrogens with two attached hydrogens (primary N) is 1. The van der Waals surface area contributed by atoms with Gasteiger partial charge in [0.05, 0.1) is 12.0 Å². The normalized spacial score (nSPS) is 22.3. The molecule has 7 heteroatoms. The predicted molar refractivity (Wildman–Crippen MR) is 102 cm³/mol. The van der Waals surface area contributed by atoms with Crippen molar-refractivity contribution in [2.45, 2.75) is 32.1 Å². The van der Waals surface area contributed by atoms with E-state index < -0.39 is 11.4 Å². The summed E-state index contributed by atoms with van der Waals surface area (Å²) in [5.74, 6) is -0.000326. The van der Waals surface area contributed by atoms with E-state index in [1.165, 1.54) is 5.56 Å². The molecule has 2 saturated heterocycles. The second kappa shape index (κ2) is 8.41. The first kappa shape index (κ1) is 19.2. The molecule has 146 valence electrons. The Bertz CT molecular complexity index is 694. The largest absolute Gasteiger partial charge is 0.352 e. The lowest BCUT2D eigenvalue weighted by atomic mass is 9.78. The third-order valence-electron chi connectivity index (χ3n) is 5.68. The molecule has 4 amide bonds. The Labute approximate surface area is 159 Å². The molecule has 1 spiro atoms. The molecule has 0 radical (unpaired) electrons. The topological polar surface area (TPSA) is 95.7 Å². The fraction of sp³-hybridized carbons (Fsp3) is 0.550. The van der Waals surface area contributed by atoms with Crippen LogP contribution < -0.4 is 11.1 Å². The average molecular weight is 372 g/mol. The lowest BCUT2D eigenvalue weighted by Crippen LogP contribution is -2.51. The van der Waals surface area contributed by atoms with Crippen LogP contribution >= 0.6 is 0 Å². The van der Waals surface area contributed by atoms with Gasteiger partial charge >= 0.3 is 6.03 Å². The van der Waals surface area contributed by atoms with Crippen LogP contribution in [0.15, 0.2) is 30.3 Å². The molecule has 0 saturated carbocycles. The van der Waals surface area contributed by atoms with Gasteiger partial charge in [-0.15, -0.1) is 0 Å². The van der Waals surface area contributed by atoms with Crippen LogP contribution in [-0.4, -0.2) is 60.4 Å². The molecule has 3 N–H and O–H groups in total. The molecule has 0 aromatic heterocycles. The van der Waals surface area contributed by atoms with E-state index in [1.807, 2.05) is 23.1 Å². The minimum Gasteiger partial charge on any atom is -0.352 e. The van der Waals surface area contributed by atoms with Crippen LogP contribution in [0.2, 0.25) is 0 Å². The SMILES string of the molecule is NC(=O)NCC(=O)N1CC[C@]2(CCCN(CCCc3ccccc3)C2=O)C1. The number of carbonyl (C=O) groups excluding carboxylic acids is 3. The van der Waals surface area contributed by atoms with E-state index in [0.717, 1.165) is 38.8 Å². The van der Waals surface area contributed by atoms with Crippen LogP contribution in [0.1, 0.15) is 31.2 Å². The molecular formula is C20H28N4O3. The first-order chi connectivity index (χ1) is 13.0. The first-order valence-electron chi connectivity index (χ1n) is 9.65. The van der Waals surface area contributed by atoms with Gasteiger partial charge in [0.2, 0.25) is 11.8 Å². The van der Waals surface area contributed by atoms with Gasteiger partial charge in [0.15, 0.2) is 0 Å². The number of benzene rings is 1. The van der Waals surface area contributed by atoms with E-state index in [0.29, 0.717) is 19.5 Å². The molecule has 27 heavy (non-hydrogen) atoms. The van der Waals surface area contributed by atoms with E-state index in [2.05, 4.69) is 17.4 Å². The number of nitrogens with one attached hydrogen (secondary N) is 1. The van der Waals surface area contributed by atoms with Crippen LogP contribution in [0.4, 0.5) is 4.79 Å². The van der Waals surface area contributed by atoms with E-state index in [9.17, 15) is 14.4 Å². The molecule has 2 aliphatic heterocycles. The van der Waals surface area contributed by atoms with Crippen LogP contribution in [-0.2, 0) is 16.0 Å². The van der Waals surface area contributed by atoms with Gasteiger partial charge in [-0.05, 0) is 37.7 Å². The van der Waals surface area contributed by atoms with Crippen molar-refractivity contribution < 1.29 is 14.4 Å². The lowest BCUT2D eigenvalue weighted by Gasteiger charge is -2.39. The molecule has 0 bridgehead atoms. The van der Waals surface area contributed by atoms with Gasteiger partial charge in [0, 0.05) is 26.2 Å². The third-order valence-corrected chi connectivity index (χ3v) is 5.68. The van der Waals surface area contributed by atoms with E-state index in [4.69, 9.17) is 5.73 Å². The number of nitrogens with zero attached hydrogens (tertiary/aromatic N) is 2. The minimum absolute atomic E-state index is 0.111. The number of urea groups is 1. The zero-order valence-electron chi connectivity index (χ0n) is 15.7. The maximum Gasteiger partial charge on any atom is 0.312 e. The number of carbonyl (C=O) groups is 3. The predicted octanol–water partition coefficient (Wildman–Crippen LogP) is 1.13. The monoisotopic (exact) mass is 372 g/mol. The standard InChI is InChI=1S/C20H28N4O3/c21-19(27)22-14-17(25)24-13-10-20(15-24)9-5-12-23(18(20)26)11-4-8-16-6-2-1-3-7-16/h1-3,6-7H,4-5,8-15H2,(H3,21,22,27)/t20-/m1/s1. The number of rotatable bonds is 6. The fourth-order valence-corrected chi connectivity index (χ4v) is 4.22. The number of primary amides is 1. The second-order valence-electron chi connectivity index (χ2n) is 7.55. The fourth-order valence-electron chi connectivity index (χ4n) is 4.22. The van der Waals surface area contributed by atoms with Gasteiger partial charge in [-0.1, -0.05) is 30.3 Å². The summed E-state index contributed by atoms with van der Waals surface area (Å²) in [5, 5.41) is 2.33. The summed E-state index contributed by atoms with van der Waals surface area (Å²) < 4.78 is 0. The minimum atomic E-state index is -0.712. The van der Waals surface area contributed by atoms with Crippen LogP contribution in [0.5, 0.6) is 0 Å². The summed E-state index contributed by atoms with van der Waals surface area (Å²) in [7, 11) is 0. The van der Waals surface area contributed by atoms with Gasteiger partial charge in [-0.25, -0.2) is 4.79 Å². The molecule has 2 heterocycles. The lowest BCUT2D eigenvalue weighted by molar-refractivity contribution is -0.146. The summed E-state index contributed by atoms with van der Waals surface area (Å²) >= 11 is 0. The van der Waals surface area contributed by atoms with Crippen LogP contribution in [0.25, 0.3) is 0 Å². The van der Waals surface area contributed by atoms with Crippen molar-refractivity contribution in [3.63, 3.8) is 0 Å². The van der Waals surface area contributed by atoms with E-state index >= 15 is 0 Å². The number of hydrogen-bond donors (Lipinski definition) is 2. The van der Waals surface area contributed by atoms with Crippen molar-refractivity contribution in [2.75, 3.05) is 32.7 Å². The molecule has 1 aromatic rings. The Morgan fingerprint density at radius 3 is 2.67 bits per heavy atom. The highest BCUT2D eigenvalue weighted by Gasteiger charge is 2.49. The van der Waals surface area contributed by atoms with Crippen molar-refractivity contribution >= 4 is 17.8 Å². The van der Waals surface area contributed by atoms with Crippen molar-refractivity contribution in [3.05, 3.63) is 35.9 Å². The maximum atomic E-state index is 13.1. The summed E-state index contributed by atoms with van der Waals surface area (Å²) in [6.45, 7) is 2.45. The average Bonchev–Trinajstić information content (AvgIpc) is 3.09. The van der Waals surface area contributed by atoms with Crippen LogP contribution in [0, 0.1) is 5.41 Å². The molecule has 0 unspecified atom stereocenters. The molecule has 1 aromatic carbocycles. The Hall–Kier alpha value is -2.57. The molecule has 0 aliphatic carbocycles. The van der Waals surface area contributed by atoms with Crippen molar-refractivity contribution in [1.29, 1.82) is 0 Å². The number of likely N-dealkylation sites (tertiary alicyclic amines) is 2. The highest BCUT2D eigenvalue weighted by Crippen LogP contribution is 2.40. The quantitative estimate of drug-likeness (QED) is 0.783. The number of amides is 4. The number of piperidine rings is 1. The Kier molecular flexibility index (Phi) is 5.98. The summed E-state index contributed by atoms with van der Waals surface area (Å²) in [4.78, 5) is 39.8. The first-order valence-corrected chi connectivity index (χ1v) is 9.65. The molecule has 2 aliphatic rings. The zero-order valence-corrected chi connectivity index (χ0v) is 15.7. The summed E-state index contributed by atoms with van der Waals surface area (Å²) in [6, 6.07) is 9.59. The second-order valence-corrected chi connectivity index (χ2v) is 7.55. The smallest absolute Gasteiger partial charge is 0.312 e. The zero-order chi connectivity index (χ0) is 19.3. The van der Waals surface area contributed by atoms with Crippen LogP contribution in [0.3, 0.4) is 0 Å². The third kappa shape index (κ3) is 4.59. The Balaban J connectivity index is 1.53. The van der Waals surface area contributed by atoms with Gasteiger partial charge < -0.3 is 20.9 Å². The Morgan fingerprint density at radius 1 is 1.15 bits per heavy atom. The summed E-state index contributed by atoms with van der Waals surface area (Å²) in [6.07, 6.45) is 4.40. The van der Waals surface area contributed by atoms with Gasteiger partial charge in [-0.3, -0.25) is 9.59 Å². The van der Waals surface area contributed by atoms with Crippen molar-refractivity contribution in [2.24, 2.45) is 11.1 Å². The van der Waals surface area contributed by atoms with Gasteiger partial charge in [0.25, 0.3) is 0 Å². The molecule has 3 rings (SSSR count). The highest BCUT2D eigenvalue weighted by molar-refractivity contribution is 5.87. The van der Waals surface area contributed by atoms with Crippen molar-refractivity contribution in [1.82, 2.24) is 15.1 Å². The van der Waals surface area contributed by atoms with Crippen molar-refractivity contribution in [3.8, 4) is 0 Å². The van der Waals surface area contributed by atoms with Gasteiger partial charge in [-0.2, -0.15) is 0 Å². The highest BCUT2D eigenvalue weighted by atomic mass is 16.2. The number of hydrogen-bond acceptors (Lipinski definition) is 3. The summed E-state index contributed by atoms with van der Waals surface area (Å²) in [5.41, 5.74) is 5.86.